The van der Waals surface area contributed by atoms with Crippen LogP contribution in [0.25, 0.3) is 0 Å². The molecule has 1 aliphatic rings. The van der Waals surface area contributed by atoms with E-state index in [0.717, 1.165) is 25.9 Å². The van der Waals surface area contributed by atoms with Crippen LogP contribution in [0.4, 0.5) is 0 Å². The van der Waals surface area contributed by atoms with Crippen molar-refractivity contribution in [1.29, 1.82) is 0 Å². The quantitative estimate of drug-likeness (QED) is 0.555. The molecule has 0 aliphatic carbocycles. The van der Waals surface area contributed by atoms with E-state index >= 15 is 0 Å². The minimum atomic E-state index is 0.111. The van der Waals surface area contributed by atoms with Crippen molar-refractivity contribution in [3.05, 3.63) is 35.9 Å². The smallest absolute Gasteiger partial charge is 0.107 e. The summed E-state index contributed by atoms with van der Waals surface area (Å²) in [6, 6.07) is 10.2. The molecule has 0 aromatic heterocycles. The number of epoxide rings is 1. The van der Waals surface area contributed by atoms with Gasteiger partial charge in [0, 0.05) is 6.61 Å². The SMILES string of the molecule is OC[C@@H]1O[C@H]1CCCCOCc1ccccc1. The average Bonchev–Trinajstić information content (AvgIpc) is 3.13. The molecule has 2 rings (SSSR count). The zero-order chi connectivity index (χ0) is 11.9. The van der Waals surface area contributed by atoms with E-state index in [0.29, 0.717) is 12.7 Å². The van der Waals surface area contributed by atoms with Crippen LogP contribution in [0.3, 0.4) is 0 Å². The van der Waals surface area contributed by atoms with Crippen molar-refractivity contribution in [2.45, 2.75) is 38.1 Å². The summed E-state index contributed by atoms with van der Waals surface area (Å²) in [6.07, 6.45) is 3.62. The molecule has 0 amide bonds. The van der Waals surface area contributed by atoms with E-state index in [9.17, 15) is 0 Å². The van der Waals surface area contributed by atoms with Gasteiger partial charge in [-0.25, -0.2) is 0 Å². The maximum atomic E-state index is 8.79. The summed E-state index contributed by atoms with van der Waals surface area (Å²) >= 11 is 0. The highest BCUT2D eigenvalue weighted by Crippen LogP contribution is 2.26. The first kappa shape index (κ1) is 12.6. The molecule has 1 N–H and O–H groups in total. The first-order valence-electron chi connectivity index (χ1n) is 6.28. The lowest BCUT2D eigenvalue weighted by atomic mass is 10.1. The molecule has 94 valence electrons. The molecular formula is C14H20O3. The van der Waals surface area contributed by atoms with Crippen molar-refractivity contribution >= 4 is 0 Å². The average molecular weight is 236 g/mol. The van der Waals surface area contributed by atoms with Gasteiger partial charge in [0.2, 0.25) is 0 Å². The Kier molecular flexibility index (Phi) is 4.98. The fraction of sp³-hybridized carbons (Fsp3) is 0.571. The van der Waals surface area contributed by atoms with Crippen molar-refractivity contribution in [3.8, 4) is 0 Å². The van der Waals surface area contributed by atoms with Crippen molar-refractivity contribution in [1.82, 2.24) is 0 Å². The monoisotopic (exact) mass is 236 g/mol. The zero-order valence-electron chi connectivity index (χ0n) is 10.0. The lowest BCUT2D eigenvalue weighted by molar-refractivity contribution is 0.116. The molecule has 1 fully saturated rings. The highest BCUT2D eigenvalue weighted by atomic mass is 16.6. The first-order chi connectivity index (χ1) is 8.40. The number of hydrogen-bond donors (Lipinski definition) is 1. The summed E-state index contributed by atoms with van der Waals surface area (Å²) in [4.78, 5) is 0. The number of ether oxygens (including phenoxy) is 2. The van der Waals surface area contributed by atoms with E-state index in [1.54, 1.807) is 0 Å². The third-order valence-corrected chi connectivity index (χ3v) is 3.01. The Balaban J connectivity index is 1.44. The molecule has 0 bridgehead atoms. The molecule has 1 saturated heterocycles. The third kappa shape index (κ3) is 4.46. The van der Waals surface area contributed by atoms with E-state index < -0.39 is 0 Å². The highest BCUT2D eigenvalue weighted by Gasteiger charge is 2.36. The number of rotatable bonds is 8. The maximum Gasteiger partial charge on any atom is 0.107 e. The van der Waals surface area contributed by atoms with Gasteiger partial charge in [0.1, 0.15) is 6.10 Å². The minimum Gasteiger partial charge on any atom is -0.394 e. The standard InChI is InChI=1S/C14H20O3/c15-10-14-13(17-14)8-4-5-9-16-11-12-6-2-1-3-7-12/h1-3,6-7,13-15H,4-5,8-11H2/t13-,14-/m0/s1. The summed E-state index contributed by atoms with van der Waals surface area (Å²) in [5.41, 5.74) is 1.22. The van der Waals surface area contributed by atoms with Gasteiger partial charge in [0.15, 0.2) is 0 Å². The van der Waals surface area contributed by atoms with Crippen molar-refractivity contribution in [3.63, 3.8) is 0 Å². The molecule has 0 spiro atoms. The topological polar surface area (TPSA) is 42.0 Å². The van der Waals surface area contributed by atoms with Gasteiger partial charge in [0.25, 0.3) is 0 Å². The first-order valence-corrected chi connectivity index (χ1v) is 6.28. The Morgan fingerprint density at radius 3 is 2.65 bits per heavy atom. The van der Waals surface area contributed by atoms with Gasteiger partial charge in [0.05, 0.1) is 19.3 Å². The number of aliphatic hydroxyl groups is 1. The van der Waals surface area contributed by atoms with E-state index in [2.05, 4.69) is 12.1 Å². The second-order valence-electron chi connectivity index (χ2n) is 4.43. The molecule has 1 aliphatic heterocycles. The highest BCUT2D eigenvalue weighted by molar-refractivity contribution is 5.13. The van der Waals surface area contributed by atoms with Crippen LogP contribution >= 0.6 is 0 Å². The van der Waals surface area contributed by atoms with Gasteiger partial charge < -0.3 is 14.6 Å². The summed E-state index contributed by atoms with van der Waals surface area (Å²) < 4.78 is 10.8. The Labute approximate surface area is 102 Å². The van der Waals surface area contributed by atoms with Gasteiger partial charge in [-0.15, -0.1) is 0 Å². The predicted octanol–water partition coefficient (Wildman–Crippen LogP) is 2.13. The lowest BCUT2D eigenvalue weighted by Crippen LogP contribution is -2.00. The number of aliphatic hydroxyl groups excluding tert-OH is 1. The Hall–Kier alpha value is -0.900. The van der Waals surface area contributed by atoms with Gasteiger partial charge in [-0.05, 0) is 24.8 Å². The molecule has 1 aromatic carbocycles. The molecule has 0 unspecified atom stereocenters. The van der Waals surface area contributed by atoms with Gasteiger partial charge in [-0.1, -0.05) is 30.3 Å². The van der Waals surface area contributed by atoms with Crippen LogP contribution in [0, 0.1) is 0 Å². The van der Waals surface area contributed by atoms with E-state index in [-0.39, 0.29) is 12.7 Å². The van der Waals surface area contributed by atoms with Crippen LogP contribution in [0.5, 0.6) is 0 Å². The number of unbranched alkanes of at least 4 members (excludes halogenated alkanes) is 1. The number of hydrogen-bond acceptors (Lipinski definition) is 3. The van der Waals surface area contributed by atoms with Crippen molar-refractivity contribution in [2.24, 2.45) is 0 Å². The Morgan fingerprint density at radius 1 is 1.12 bits per heavy atom. The predicted molar refractivity (Wildman–Crippen MR) is 65.7 cm³/mol. The second-order valence-corrected chi connectivity index (χ2v) is 4.43. The summed E-state index contributed by atoms with van der Waals surface area (Å²) in [5, 5.41) is 8.79. The van der Waals surface area contributed by atoms with Crippen LogP contribution in [-0.4, -0.2) is 30.5 Å². The van der Waals surface area contributed by atoms with Crippen LogP contribution in [-0.2, 0) is 16.1 Å². The van der Waals surface area contributed by atoms with Gasteiger partial charge in [-0.3, -0.25) is 0 Å². The van der Waals surface area contributed by atoms with Crippen LogP contribution < -0.4 is 0 Å². The fourth-order valence-corrected chi connectivity index (χ4v) is 1.91. The summed E-state index contributed by atoms with van der Waals surface area (Å²) in [6.45, 7) is 1.65. The minimum absolute atomic E-state index is 0.111. The molecule has 3 heteroatoms. The van der Waals surface area contributed by atoms with Crippen LogP contribution in [0.15, 0.2) is 30.3 Å². The zero-order valence-corrected chi connectivity index (χ0v) is 10.0. The van der Waals surface area contributed by atoms with Crippen molar-refractivity contribution in [2.75, 3.05) is 13.2 Å². The molecule has 3 nitrogen and oxygen atoms in total. The fourth-order valence-electron chi connectivity index (χ4n) is 1.91. The van der Waals surface area contributed by atoms with Crippen molar-refractivity contribution < 1.29 is 14.6 Å². The maximum absolute atomic E-state index is 8.79. The molecule has 2 atom stereocenters. The number of benzene rings is 1. The van der Waals surface area contributed by atoms with E-state index in [4.69, 9.17) is 14.6 Å². The van der Waals surface area contributed by atoms with Gasteiger partial charge in [-0.2, -0.15) is 0 Å². The largest absolute Gasteiger partial charge is 0.394 e. The molecule has 17 heavy (non-hydrogen) atoms. The Bertz CT molecular complexity index is 313. The second kappa shape index (κ2) is 6.74. The van der Waals surface area contributed by atoms with E-state index in [1.165, 1.54) is 5.56 Å². The molecular weight excluding hydrogens is 216 g/mol. The Morgan fingerprint density at radius 2 is 1.94 bits per heavy atom. The summed E-state index contributed by atoms with van der Waals surface area (Å²) in [5.74, 6) is 0. The van der Waals surface area contributed by atoms with Crippen LogP contribution in [0.1, 0.15) is 24.8 Å². The molecule has 1 heterocycles. The van der Waals surface area contributed by atoms with Crippen LogP contribution in [0.2, 0.25) is 0 Å². The van der Waals surface area contributed by atoms with Gasteiger partial charge >= 0.3 is 0 Å². The normalized spacial score (nSPS) is 22.6. The lowest BCUT2D eigenvalue weighted by Gasteiger charge is -2.03. The van der Waals surface area contributed by atoms with E-state index in [1.807, 2.05) is 18.2 Å². The molecule has 0 radical (unpaired) electrons. The summed E-state index contributed by atoms with van der Waals surface area (Å²) in [7, 11) is 0. The molecule has 1 aromatic rings. The third-order valence-electron chi connectivity index (χ3n) is 3.01. The molecule has 0 saturated carbocycles.